The maximum atomic E-state index is 12.5. The summed E-state index contributed by atoms with van der Waals surface area (Å²) in [6, 6.07) is 6.48. The van der Waals surface area contributed by atoms with E-state index in [0.717, 1.165) is 24.1 Å². The van der Waals surface area contributed by atoms with Crippen molar-refractivity contribution in [3.05, 3.63) is 56.5 Å². The number of nitrogens with zero attached hydrogens (tertiary/aromatic N) is 2. The predicted octanol–water partition coefficient (Wildman–Crippen LogP) is 1.73. The minimum absolute atomic E-state index is 0.0532. The molecule has 24 heavy (non-hydrogen) atoms. The third-order valence-electron chi connectivity index (χ3n) is 4.20. The van der Waals surface area contributed by atoms with Gasteiger partial charge in [-0.2, -0.15) is 5.10 Å². The van der Waals surface area contributed by atoms with Crippen molar-refractivity contribution in [3.8, 4) is 5.75 Å². The molecule has 0 fully saturated rings. The topological polar surface area (TPSA) is 73.2 Å². The first-order valence-electron chi connectivity index (χ1n) is 7.68. The molecule has 1 N–H and O–H groups in total. The van der Waals surface area contributed by atoms with Crippen molar-refractivity contribution in [2.24, 2.45) is 7.05 Å². The first kappa shape index (κ1) is 16.5. The van der Waals surface area contributed by atoms with Crippen LogP contribution in [0.15, 0.2) is 29.1 Å². The van der Waals surface area contributed by atoms with E-state index < -0.39 is 0 Å². The fourth-order valence-electron chi connectivity index (χ4n) is 2.93. The molecule has 0 spiro atoms. The van der Waals surface area contributed by atoms with E-state index >= 15 is 0 Å². The number of amides is 1. The number of rotatable bonds is 3. The van der Waals surface area contributed by atoms with Gasteiger partial charge < -0.3 is 10.1 Å². The van der Waals surface area contributed by atoms with Gasteiger partial charge in [0.15, 0.2) is 0 Å². The van der Waals surface area contributed by atoms with Crippen molar-refractivity contribution >= 4 is 17.5 Å². The lowest BCUT2D eigenvalue weighted by molar-refractivity contribution is 0.0930. The maximum absolute atomic E-state index is 12.5. The molecule has 0 saturated heterocycles. The number of benzene rings is 1. The van der Waals surface area contributed by atoms with E-state index in [2.05, 4.69) is 10.4 Å². The Morgan fingerprint density at radius 2 is 2.21 bits per heavy atom. The molecule has 6 nitrogen and oxygen atoms in total. The fourth-order valence-corrected chi connectivity index (χ4v) is 3.10. The molecule has 7 heteroatoms. The van der Waals surface area contributed by atoms with Gasteiger partial charge in [-0.05, 0) is 43.0 Å². The van der Waals surface area contributed by atoms with Gasteiger partial charge in [0.2, 0.25) is 0 Å². The molecule has 1 aliphatic rings. The van der Waals surface area contributed by atoms with Gasteiger partial charge in [-0.25, -0.2) is 4.68 Å². The summed E-state index contributed by atoms with van der Waals surface area (Å²) in [5.74, 6) is 0.239. The van der Waals surface area contributed by atoms with E-state index in [4.69, 9.17) is 16.3 Å². The van der Waals surface area contributed by atoms with E-state index in [1.165, 1.54) is 11.8 Å². The number of hydrogen-bond acceptors (Lipinski definition) is 4. The zero-order chi connectivity index (χ0) is 17.3. The highest BCUT2D eigenvalue weighted by molar-refractivity contribution is 6.31. The number of ether oxygens (including phenoxy) is 1. The lowest BCUT2D eigenvalue weighted by Crippen LogP contribution is -2.40. The van der Waals surface area contributed by atoms with Crippen LogP contribution in [0.5, 0.6) is 5.75 Å². The van der Waals surface area contributed by atoms with Gasteiger partial charge in [-0.3, -0.25) is 9.59 Å². The molecule has 0 aliphatic heterocycles. The molecule has 1 amide bonds. The summed E-state index contributed by atoms with van der Waals surface area (Å²) in [4.78, 5) is 24.3. The Hall–Kier alpha value is -2.34. The number of halogens is 1. The first-order chi connectivity index (χ1) is 11.5. The van der Waals surface area contributed by atoms with Crippen molar-refractivity contribution in [1.29, 1.82) is 0 Å². The third kappa shape index (κ3) is 3.28. The first-order valence-corrected chi connectivity index (χ1v) is 8.06. The molecular formula is C17H18ClN3O3. The van der Waals surface area contributed by atoms with Crippen molar-refractivity contribution in [2.75, 3.05) is 7.11 Å². The van der Waals surface area contributed by atoms with Crippen LogP contribution in [0.4, 0.5) is 0 Å². The highest BCUT2D eigenvalue weighted by atomic mass is 35.5. The van der Waals surface area contributed by atoms with Crippen LogP contribution in [0.3, 0.4) is 0 Å². The second-order valence-electron chi connectivity index (χ2n) is 5.84. The fraction of sp³-hybridized carbons (Fsp3) is 0.353. The standard InChI is InChI=1S/C17H18ClN3O3/c1-21-16(22)8-10-7-12(4-5-14(10)20-21)19-17(23)13-9-11(18)3-6-15(13)24-2/h3,6,8-9,12H,4-5,7H2,1-2H3,(H,19,23). The van der Waals surface area contributed by atoms with E-state index in [1.54, 1.807) is 31.3 Å². The summed E-state index contributed by atoms with van der Waals surface area (Å²) in [6.45, 7) is 0. The van der Waals surface area contributed by atoms with E-state index in [0.29, 0.717) is 22.8 Å². The number of carbonyl (C=O) groups is 1. The third-order valence-corrected chi connectivity index (χ3v) is 4.43. The van der Waals surface area contributed by atoms with Gasteiger partial charge in [0.05, 0.1) is 18.4 Å². The van der Waals surface area contributed by atoms with Crippen molar-refractivity contribution in [3.63, 3.8) is 0 Å². The van der Waals surface area contributed by atoms with Crippen molar-refractivity contribution < 1.29 is 9.53 Å². The second-order valence-corrected chi connectivity index (χ2v) is 6.27. The lowest BCUT2D eigenvalue weighted by Gasteiger charge is -2.25. The quantitative estimate of drug-likeness (QED) is 0.917. The van der Waals surface area contributed by atoms with Crippen LogP contribution in [-0.4, -0.2) is 28.8 Å². The smallest absolute Gasteiger partial charge is 0.266 e. The van der Waals surface area contributed by atoms with Gasteiger partial charge in [-0.15, -0.1) is 0 Å². The normalized spacial score (nSPS) is 16.4. The van der Waals surface area contributed by atoms with E-state index in [-0.39, 0.29) is 17.5 Å². The summed E-state index contributed by atoms with van der Waals surface area (Å²) < 4.78 is 6.56. The monoisotopic (exact) mass is 347 g/mol. The number of nitrogens with one attached hydrogen (secondary N) is 1. The Kier molecular flexibility index (Phi) is 4.57. The predicted molar refractivity (Wildman–Crippen MR) is 90.8 cm³/mol. The summed E-state index contributed by atoms with van der Waals surface area (Å²) in [6.07, 6.45) is 2.08. The summed E-state index contributed by atoms with van der Waals surface area (Å²) in [7, 11) is 3.15. The SMILES string of the molecule is COc1ccc(Cl)cc1C(=O)NC1CCc2nn(C)c(=O)cc2C1. The summed E-state index contributed by atoms with van der Waals surface area (Å²) >= 11 is 5.98. The molecule has 0 saturated carbocycles. The molecule has 1 atom stereocenters. The van der Waals surface area contributed by atoms with Crippen molar-refractivity contribution in [2.45, 2.75) is 25.3 Å². The van der Waals surface area contributed by atoms with Crippen LogP contribution in [0.2, 0.25) is 5.02 Å². The van der Waals surface area contributed by atoms with Gasteiger partial charge in [-0.1, -0.05) is 11.6 Å². The Balaban J connectivity index is 1.78. The molecule has 1 aromatic carbocycles. The number of hydrogen-bond donors (Lipinski definition) is 1. The molecule has 1 aromatic heterocycles. The Morgan fingerprint density at radius 3 is 2.96 bits per heavy atom. The van der Waals surface area contributed by atoms with E-state index in [1.807, 2.05) is 0 Å². The average molecular weight is 348 g/mol. The maximum Gasteiger partial charge on any atom is 0.266 e. The van der Waals surface area contributed by atoms with Crippen LogP contribution < -0.4 is 15.6 Å². The average Bonchev–Trinajstić information content (AvgIpc) is 2.56. The number of fused-ring (bicyclic) bond motifs is 1. The Morgan fingerprint density at radius 1 is 1.42 bits per heavy atom. The van der Waals surface area contributed by atoms with E-state index in [9.17, 15) is 9.59 Å². The highest BCUT2D eigenvalue weighted by Gasteiger charge is 2.23. The van der Waals surface area contributed by atoms with Crippen LogP contribution in [0.1, 0.15) is 28.0 Å². The summed E-state index contributed by atoms with van der Waals surface area (Å²) in [5.41, 5.74) is 2.07. The molecule has 2 aromatic rings. The summed E-state index contributed by atoms with van der Waals surface area (Å²) in [5, 5.41) is 7.75. The van der Waals surface area contributed by atoms with Crippen molar-refractivity contribution in [1.82, 2.24) is 15.1 Å². The number of carbonyl (C=O) groups excluding carboxylic acids is 1. The molecule has 126 valence electrons. The van der Waals surface area contributed by atoms with Gasteiger partial charge in [0.1, 0.15) is 5.75 Å². The largest absolute Gasteiger partial charge is 0.496 e. The van der Waals surface area contributed by atoms with Crippen LogP contribution in [0.25, 0.3) is 0 Å². The lowest BCUT2D eigenvalue weighted by atomic mass is 9.92. The van der Waals surface area contributed by atoms with Crippen LogP contribution in [-0.2, 0) is 19.9 Å². The number of aryl methyl sites for hydroxylation is 2. The highest BCUT2D eigenvalue weighted by Crippen LogP contribution is 2.24. The van der Waals surface area contributed by atoms with Gasteiger partial charge >= 0.3 is 0 Å². The van der Waals surface area contributed by atoms with Gasteiger partial charge in [0.25, 0.3) is 11.5 Å². The Bertz CT molecular complexity index is 847. The molecule has 0 bridgehead atoms. The molecule has 3 rings (SSSR count). The van der Waals surface area contributed by atoms with Crippen LogP contribution in [0, 0.1) is 0 Å². The number of aromatic nitrogens is 2. The molecule has 1 aliphatic carbocycles. The Labute approximate surface area is 144 Å². The van der Waals surface area contributed by atoms with Crippen LogP contribution >= 0.6 is 11.6 Å². The van der Waals surface area contributed by atoms with Gasteiger partial charge in [0, 0.05) is 24.2 Å². The zero-order valence-electron chi connectivity index (χ0n) is 13.5. The molecular weight excluding hydrogens is 330 g/mol. The second kappa shape index (κ2) is 6.65. The number of methoxy groups -OCH3 is 1. The molecule has 1 unspecified atom stereocenters. The minimum atomic E-state index is -0.236. The molecule has 0 radical (unpaired) electrons. The molecule has 1 heterocycles. The zero-order valence-corrected chi connectivity index (χ0v) is 14.3. The minimum Gasteiger partial charge on any atom is -0.496 e.